The molecule has 0 saturated carbocycles. The number of ether oxygens (including phenoxy) is 1. The van der Waals surface area contributed by atoms with Gasteiger partial charge in [0.15, 0.2) is 0 Å². The van der Waals surface area contributed by atoms with Crippen molar-refractivity contribution in [1.82, 2.24) is 10.2 Å². The van der Waals surface area contributed by atoms with Gasteiger partial charge in [-0.25, -0.2) is 9.69 Å². The molecular formula is C26H41N3O5. The standard InChI is InChI=1S/C26H41N3O5/c1-6-7-13-21(16-30)29(26(33)34-17-20-11-9-8-10-12-20)25(32)23(15-19(4)5)28-24(31)22(27)14-18(2)3/h8-12,16,18-19,21-23H,6-7,13-15,17,27H2,1-5H3,(H,28,31)/t21-,22-,23-/m0/s1. The van der Waals surface area contributed by atoms with Crippen LogP contribution in [0.15, 0.2) is 30.3 Å². The van der Waals surface area contributed by atoms with E-state index < -0.39 is 36.0 Å². The Labute approximate surface area is 203 Å². The van der Waals surface area contributed by atoms with Gasteiger partial charge >= 0.3 is 6.09 Å². The number of imide groups is 1. The number of hydrogen-bond acceptors (Lipinski definition) is 6. The van der Waals surface area contributed by atoms with Crippen LogP contribution in [0.3, 0.4) is 0 Å². The fourth-order valence-electron chi connectivity index (χ4n) is 3.60. The Bertz CT molecular complexity index is 782. The molecule has 0 spiro atoms. The summed E-state index contributed by atoms with van der Waals surface area (Å²) < 4.78 is 5.40. The Morgan fingerprint density at radius 1 is 1.06 bits per heavy atom. The van der Waals surface area contributed by atoms with E-state index in [1.54, 1.807) is 12.1 Å². The zero-order chi connectivity index (χ0) is 25.7. The second-order valence-corrected chi connectivity index (χ2v) is 9.52. The topological polar surface area (TPSA) is 119 Å². The molecule has 0 heterocycles. The first-order valence-corrected chi connectivity index (χ1v) is 12.2. The largest absolute Gasteiger partial charge is 0.444 e. The summed E-state index contributed by atoms with van der Waals surface area (Å²) in [7, 11) is 0. The summed E-state index contributed by atoms with van der Waals surface area (Å²) in [6.07, 6.45) is 2.21. The molecule has 3 amide bonds. The highest BCUT2D eigenvalue weighted by Crippen LogP contribution is 2.16. The zero-order valence-corrected chi connectivity index (χ0v) is 21.2. The molecule has 190 valence electrons. The molecule has 3 N–H and O–H groups in total. The van der Waals surface area contributed by atoms with Crippen LogP contribution in [0.1, 0.15) is 72.3 Å². The third-order valence-corrected chi connectivity index (χ3v) is 5.37. The van der Waals surface area contributed by atoms with Gasteiger partial charge in [0.2, 0.25) is 5.91 Å². The molecule has 8 nitrogen and oxygen atoms in total. The van der Waals surface area contributed by atoms with Crippen molar-refractivity contribution in [3.63, 3.8) is 0 Å². The third kappa shape index (κ3) is 10.0. The van der Waals surface area contributed by atoms with E-state index in [4.69, 9.17) is 10.5 Å². The highest BCUT2D eigenvalue weighted by Gasteiger charge is 2.37. The summed E-state index contributed by atoms with van der Waals surface area (Å²) in [6, 6.07) is 6.31. The van der Waals surface area contributed by atoms with E-state index in [0.29, 0.717) is 32.0 Å². The predicted octanol–water partition coefficient (Wildman–Crippen LogP) is 3.81. The number of nitrogens with zero attached hydrogens (tertiary/aromatic N) is 1. The lowest BCUT2D eigenvalue weighted by molar-refractivity contribution is -0.139. The van der Waals surface area contributed by atoms with E-state index in [9.17, 15) is 19.2 Å². The number of carbonyl (C=O) groups excluding carboxylic acids is 4. The molecule has 1 aromatic carbocycles. The van der Waals surface area contributed by atoms with Crippen LogP contribution < -0.4 is 11.1 Å². The Morgan fingerprint density at radius 3 is 2.21 bits per heavy atom. The smallest absolute Gasteiger partial charge is 0.417 e. The molecule has 8 heteroatoms. The molecule has 3 atom stereocenters. The van der Waals surface area contributed by atoms with Crippen LogP contribution in [0.2, 0.25) is 0 Å². The molecule has 0 aliphatic carbocycles. The van der Waals surface area contributed by atoms with E-state index in [0.717, 1.165) is 16.9 Å². The molecule has 0 saturated heterocycles. The van der Waals surface area contributed by atoms with Gasteiger partial charge in [0.05, 0.1) is 12.1 Å². The number of unbranched alkanes of at least 4 members (excludes halogenated alkanes) is 1. The van der Waals surface area contributed by atoms with E-state index in [1.165, 1.54) is 0 Å². The zero-order valence-electron chi connectivity index (χ0n) is 21.2. The average Bonchev–Trinajstić information content (AvgIpc) is 2.79. The lowest BCUT2D eigenvalue weighted by Gasteiger charge is -2.31. The molecule has 0 bridgehead atoms. The molecule has 0 radical (unpaired) electrons. The van der Waals surface area contributed by atoms with Crippen LogP contribution >= 0.6 is 0 Å². The molecule has 0 fully saturated rings. The third-order valence-electron chi connectivity index (χ3n) is 5.37. The molecular weight excluding hydrogens is 434 g/mol. The summed E-state index contributed by atoms with van der Waals surface area (Å²) in [4.78, 5) is 52.1. The minimum atomic E-state index is -1.00. The van der Waals surface area contributed by atoms with Crippen molar-refractivity contribution in [2.45, 2.75) is 91.5 Å². The Morgan fingerprint density at radius 2 is 1.68 bits per heavy atom. The lowest BCUT2D eigenvalue weighted by Crippen LogP contribution is -2.57. The molecule has 0 aliphatic heterocycles. The maximum atomic E-state index is 13.6. The van der Waals surface area contributed by atoms with Crippen molar-refractivity contribution in [3.8, 4) is 0 Å². The maximum Gasteiger partial charge on any atom is 0.417 e. The van der Waals surface area contributed by atoms with Crippen molar-refractivity contribution in [3.05, 3.63) is 35.9 Å². The number of nitrogens with two attached hydrogens (primary N) is 1. The van der Waals surface area contributed by atoms with Crippen LogP contribution in [0.4, 0.5) is 4.79 Å². The predicted molar refractivity (Wildman–Crippen MR) is 132 cm³/mol. The van der Waals surface area contributed by atoms with Crippen molar-refractivity contribution in [2.75, 3.05) is 0 Å². The number of amides is 3. The maximum absolute atomic E-state index is 13.6. The normalized spacial score (nSPS) is 13.8. The van der Waals surface area contributed by atoms with Gasteiger partial charge in [0.1, 0.15) is 18.9 Å². The summed E-state index contributed by atoms with van der Waals surface area (Å²) in [6.45, 7) is 9.65. The van der Waals surface area contributed by atoms with Crippen molar-refractivity contribution in [1.29, 1.82) is 0 Å². The highest BCUT2D eigenvalue weighted by atomic mass is 16.6. The number of hydrogen-bond donors (Lipinski definition) is 2. The summed E-state index contributed by atoms with van der Waals surface area (Å²) in [5, 5.41) is 2.72. The first-order valence-electron chi connectivity index (χ1n) is 12.2. The molecule has 1 rings (SSSR count). The van der Waals surface area contributed by atoms with E-state index in [1.807, 2.05) is 52.8 Å². The average molecular weight is 476 g/mol. The van der Waals surface area contributed by atoms with E-state index in [-0.39, 0.29) is 18.4 Å². The van der Waals surface area contributed by atoms with Crippen LogP contribution in [0.5, 0.6) is 0 Å². The minimum absolute atomic E-state index is 0.0384. The van der Waals surface area contributed by atoms with Gasteiger partial charge in [-0.3, -0.25) is 9.59 Å². The van der Waals surface area contributed by atoms with Crippen molar-refractivity contribution >= 4 is 24.2 Å². The van der Waals surface area contributed by atoms with Gasteiger partial charge in [-0.2, -0.15) is 0 Å². The highest BCUT2D eigenvalue weighted by molar-refractivity contribution is 5.99. The lowest BCUT2D eigenvalue weighted by atomic mass is 9.99. The second-order valence-electron chi connectivity index (χ2n) is 9.52. The van der Waals surface area contributed by atoms with Gasteiger partial charge in [-0.1, -0.05) is 77.8 Å². The quantitative estimate of drug-likeness (QED) is 0.395. The number of carbonyl (C=O) groups is 4. The van der Waals surface area contributed by atoms with Crippen LogP contribution in [0.25, 0.3) is 0 Å². The Hall–Kier alpha value is -2.74. The molecule has 1 aromatic rings. The molecule has 0 aliphatic rings. The molecule has 34 heavy (non-hydrogen) atoms. The molecule has 0 unspecified atom stereocenters. The van der Waals surface area contributed by atoms with Gasteiger partial charge in [-0.15, -0.1) is 0 Å². The van der Waals surface area contributed by atoms with Crippen LogP contribution in [-0.2, 0) is 25.7 Å². The van der Waals surface area contributed by atoms with E-state index in [2.05, 4.69) is 5.32 Å². The minimum Gasteiger partial charge on any atom is -0.444 e. The van der Waals surface area contributed by atoms with Gasteiger partial charge in [0, 0.05) is 0 Å². The van der Waals surface area contributed by atoms with Crippen LogP contribution in [-0.4, -0.2) is 47.2 Å². The molecule has 0 aromatic heterocycles. The van der Waals surface area contributed by atoms with E-state index >= 15 is 0 Å². The second kappa shape index (κ2) is 15.2. The fourth-order valence-corrected chi connectivity index (χ4v) is 3.60. The van der Waals surface area contributed by atoms with Gasteiger partial charge in [0.25, 0.3) is 5.91 Å². The fraction of sp³-hybridized carbons (Fsp3) is 0.615. The first kappa shape index (κ1) is 29.3. The summed E-state index contributed by atoms with van der Waals surface area (Å²) >= 11 is 0. The van der Waals surface area contributed by atoms with Crippen molar-refractivity contribution < 1.29 is 23.9 Å². The van der Waals surface area contributed by atoms with Gasteiger partial charge < -0.3 is 20.6 Å². The van der Waals surface area contributed by atoms with Crippen molar-refractivity contribution in [2.24, 2.45) is 17.6 Å². The van der Waals surface area contributed by atoms with Gasteiger partial charge in [-0.05, 0) is 36.7 Å². The number of rotatable bonds is 14. The first-order chi connectivity index (χ1) is 16.1. The summed E-state index contributed by atoms with van der Waals surface area (Å²) in [5.74, 6) is -0.868. The Kier molecular flexibility index (Phi) is 13.1. The number of nitrogens with one attached hydrogen (secondary N) is 1. The monoisotopic (exact) mass is 475 g/mol. The number of benzene rings is 1. The van der Waals surface area contributed by atoms with Crippen LogP contribution in [0, 0.1) is 11.8 Å². The Balaban J connectivity index is 3.16. The number of aldehydes is 1. The summed E-state index contributed by atoms with van der Waals surface area (Å²) in [5.41, 5.74) is 6.77. The SMILES string of the molecule is CCCC[C@@H](C=O)N(C(=O)OCc1ccccc1)C(=O)[C@H](CC(C)C)NC(=O)[C@@H](N)CC(C)C.